The second kappa shape index (κ2) is 5.82. The smallest absolute Gasteiger partial charge is 0.277 e. The number of rotatable bonds is 4. The van der Waals surface area contributed by atoms with Gasteiger partial charge in [0.25, 0.3) is 5.91 Å². The Kier molecular flexibility index (Phi) is 3.91. The summed E-state index contributed by atoms with van der Waals surface area (Å²) in [5, 5.41) is 5.86. The van der Waals surface area contributed by atoms with E-state index in [2.05, 4.69) is 10.5 Å². The molecule has 0 unspecified atom stereocenters. The third-order valence-corrected chi connectivity index (χ3v) is 2.41. The topological polar surface area (TPSA) is 50.7 Å². The van der Waals surface area contributed by atoms with Gasteiger partial charge in [-0.05, 0) is 29.8 Å². The van der Waals surface area contributed by atoms with Crippen molar-refractivity contribution >= 4 is 22.9 Å². The zero-order valence-electron chi connectivity index (χ0n) is 10.1. The number of nitrogens with zero attached hydrogens (tertiary/aromatic N) is 1. The van der Waals surface area contributed by atoms with Gasteiger partial charge in [0.2, 0.25) is 0 Å². The molecule has 0 aliphatic carbocycles. The molecule has 92 valence electrons. The van der Waals surface area contributed by atoms with Crippen LogP contribution in [0.3, 0.4) is 0 Å². The molecule has 0 radical (unpaired) electrons. The molecule has 2 rings (SSSR count). The van der Waals surface area contributed by atoms with Gasteiger partial charge in [0.15, 0.2) is 6.61 Å². The molecule has 0 aromatic heterocycles. The first-order valence-electron chi connectivity index (χ1n) is 5.68. The summed E-state index contributed by atoms with van der Waals surface area (Å²) in [4.78, 5) is 11.3. The molecule has 0 saturated heterocycles. The molecule has 0 heterocycles. The number of carbonyl (C=O) groups is 1. The summed E-state index contributed by atoms with van der Waals surface area (Å²) in [5.41, 5.74) is 2.35. The Morgan fingerprint density at radius 3 is 2.83 bits per heavy atom. The van der Waals surface area contributed by atoms with Crippen molar-refractivity contribution in [2.45, 2.75) is 6.92 Å². The maximum atomic E-state index is 11.3. The van der Waals surface area contributed by atoms with Gasteiger partial charge in [-0.1, -0.05) is 30.3 Å². The van der Waals surface area contributed by atoms with Crippen molar-refractivity contribution in [3.05, 3.63) is 42.5 Å². The van der Waals surface area contributed by atoms with Gasteiger partial charge in [-0.15, -0.1) is 0 Å². The number of hydrogen-bond donors (Lipinski definition) is 1. The zero-order valence-corrected chi connectivity index (χ0v) is 10.1. The van der Waals surface area contributed by atoms with Crippen LogP contribution in [-0.4, -0.2) is 18.7 Å². The number of fused-ring (bicyclic) bond motifs is 1. The van der Waals surface area contributed by atoms with E-state index in [0.717, 1.165) is 10.8 Å². The highest BCUT2D eigenvalue weighted by Gasteiger charge is 2.01. The zero-order chi connectivity index (χ0) is 12.8. The summed E-state index contributed by atoms with van der Waals surface area (Å²) in [6, 6.07) is 13.7. The number of carbonyl (C=O) groups excluding carboxylic acids is 1. The molecular formula is C14H14N2O2. The molecule has 0 saturated carbocycles. The van der Waals surface area contributed by atoms with E-state index in [1.807, 2.05) is 42.5 Å². The van der Waals surface area contributed by atoms with Gasteiger partial charge in [-0.3, -0.25) is 4.79 Å². The van der Waals surface area contributed by atoms with Crippen molar-refractivity contribution < 1.29 is 9.53 Å². The normalized spacial score (nSPS) is 10.7. The van der Waals surface area contributed by atoms with E-state index < -0.39 is 0 Å². The molecule has 4 heteroatoms. The highest BCUT2D eigenvalue weighted by atomic mass is 16.5. The summed E-state index contributed by atoms with van der Waals surface area (Å²) in [5.74, 6) is 0.394. The standard InChI is InChI=1S/C14H14N2O2/c1-2-15-16-14(17)10-18-13-8-7-11-5-3-4-6-12(11)9-13/h2-9H,10H2,1H3,(H,16,17). The maximum Gasteiger partial charge on any atom is 0.277 e. The summed E-state index contributed by atoms with van der Waals surface area (Å²) in [6.07, 6.45) is 1.51. The number of ether oxygens (including phenoxy) is 1. The Labute approximate surface area is 105 Å². The molecule has 2 aromatic rings. The number of hydrazone groups is 1. The van der Waals surface area contributed by atoms with Crippen molar-refractivity contribution in [3.8, 4) is 5.75 Å². The molecule has 2 aromatic carbocycles. The van der Waals surface area contributed by atoms with E-state index in [0.29, 0.717) is 5.75 Å². The Bertz CT molecular complexity index is 579. The summed E-state index contributed by atoms with van der Waals surface area (Å²) in [6.45, 7) is 1.68. The van der Waals surface area contributed by atoms with Crippen LogP contribution in [0.2, 0.25) is 0 Å². The van der Waals surface area contributed by atoms with Crippen LogP contribution in [0, 0.1) is 0 Å². The molecule has 18 heavy (non-hydrogen) atoms. The minimum absolute atomic E-state index is 0.0460. The van der Waals surface area contributed by atoms with Crippen LogP contribution in [0.5, 0.6) is 5.75 Å². The maximum absolute atomic E-state index is 11.3. The lowest BCUT2D eigenvalue weighted by Gasteiger charge is -2.06. The van der Waals surface area contributed by atoms with E-state index in [-0.39, 0.29) is 12.5 Å². The first-order valence-corrected chi connectivity index (χ1v) is 5.68. The van der Waals surface area contributed by atoms with E-state index in [9.17, 15) is 4.79 Å². The number of benzene rings is 2. The largest absolute Gasteiger partial charge is 0.484 e. The van der Waals surface area contributed by atoms with Crippen LogP contribution in [0.25, 0.3) is 10.8 Å². The minimum Gasteiger partial charge on any atom is -0.484 e. The quantitative estimate of drug-likeness (QED) is 0.661. The monoisotopic (exact) mass is 242 g/mol. The molecule has 0 aliphatic rings. The van der Waals surface area contributed by atoms with Gasteiger partial charge in [0, 0.05) is 6.21 Å². The number of nitrogens with one attached hydrogen (secondary N) is 1. The summed E-state index contributed by atoms with van der Waals surface area (Å²) >= 11 is 0. The predicted molar refractivity (Wildman–Crippen MR) is 71.8 cm³/mol. The molecule has 0 bridgehead atoms. The van der Waals surface area contributed by atoms with Gasteiger partial charge in [-0.2, -0.15) is 5.10 Å². The molecular weight excluding hydrogens is 228 g/mol. The van der Waals surface area contributed by atoms with Crippen LogP contribution in [0.15, 0.2) is 47.6 Å². The first-order chi connectivity index (χ1) is 8.79. The second-order valence-electron chi connectivity index (χ2n) is 3.72. The van der Waals surface area contributed by atoms with Gasteiger partial charge in [0.1, 0.15) is 5.75 Å². The van der Waals surface area contributed by atoms with E-state index in [1.54, 1.807) is 6.92 Å². The molecule has 0 fully saturated rings. The van der Waals surface area contributed by atoms with Crippen LogP contribution < -0.4 is 10.2 Å². The third-order valence-electron chi connectivity index (χ3n) is 2.41. The Morgan fingerprint density at radius 1 is 1.28 bits per heavy atom. The highest BCUT2D eigenvalue weighted by molar-refractivity contribution is 5.84. The molecule has 4 nitrogen and oxygen atoms in total. The lowest BCUT2D eigenvalue weighted by Crippen LogP contribution is -2.24. The van der Waals surface area contributed by atoms with Crippen LogP contribution in [0.4, 0.5) is 0 Å². The van der Waals surface area contributed by atoms with Crippen molar-refractivity contribution in [2.75, 3.05) is 6.61 Å². The average molecular weight is 242 g/mol. The predicted octanol–water partition coefficient (Wildman–Crippen LogP) is 2.34. The van der Waals surface area contributed by atoms with Crippen molar-refractivity contribution in [1.82, 2.24) is 5.43 Å². The highest BCUT2D eigenvalue weighted by Crippen LogP contribution is 2.20. The number of hydrogen-bond acceptors (Lipinski definition) is 3. The summed E-state index contributed by atoms with van der Waals surface area (Å²) in [7, 11) is 0. The summed E-state index contributed by atoms with van der Waals surface area (Å²) < 4.78 is 5.39. The lowest BCUT2D eigenvalue weighted by atomic mass is 10.1. The molecule has 1 amide bonds. The van der Waals surface area contributed by atoms with E-state index in [1.165, 1.54) is 6.21 Å². The second-order valence-corrected chi connectivity index (χ2v) is 3.72. The number of amides is 1. The van der Waals surface area contributed by atoms with Crippen LogP contribution in [0.1, 0.15) is 6.92 Å². The first kappa shape index (κ1) is 12.1. The van der Waals surface area contributed by atoms with Crippen LogP contribution >= 0.6 is 0 Å². The Morgan fingerprint density at radius 2 is 2.06 bits per heavy atom. The lowest BCUT2D eigenvalue weighted by molar-refractivity contribution is -0.123. The van der Waals surface area contributed by atoms with E-state index >= 15 is 0 Å². The third kappa shape index (κ3) is 3.07. The van der Waals surface area contributed by atoms with Gasteiger partial charge in [-0.25, -0.2) is 5.43 Å². The van der Waals surface area contributed by atoms with Crippen molar-refractivity contribution in [1.29, 1.82) is 0 Å². The molecule has 0 atom stereocenters. The Balaban J connectivity index is 2.01. The molecule has 0 aliphatic heterocycles. The van der Waals surface area contributed by atoms with Gasteiger partial charge in [0.05, 0.1) is 0 Å². The van der Waals surface area contributed by atoms with E-state index in [4.69, 9.17) is 4.74 Å². The van der Waals surface area contributed by atoms with Crippen molar-refractivity contribution in [2.24, 2.45) is 5.10 Å². The molecule has 0 spiro atoms. The Hall–Kier alpha value is -2.36. The molecule has 1 N–H and O–H groups in total. The van der Waals surface area contributed by atoms with Gasteiger partial charge >= 0.3 is 0 Å². The SMILES string of the molecule is CC=NNC(=O)COc1ccc2ccccc2c1. The minimum atomic E-state index is -0.277. The van der Waals surface area contributed by atoms with Crippen LogP contribution in [-0.2, 0) is 4.79 Å². The fraction of sp³-hybridized carbons (Fsp3) is 0.143. The van der Waals surface area contributed by atoms with Crippen molar-refractivity contribution in [3.63, 3.8) is 0 Å². The fourth-order valence-electron chi connectivity index (χ4n) is 1.57. The fourth-order valence-corrected chi connectivity index (χ4v) is 1.57. The van der Waals surface area contributed by atoms with Gasteiger partial charge < -0.3 is 4.74 Å². The average Bonchev–Trinajstić information content (AvgIpc) is 2.42.